The van der Waals surface area contributed by atoms with Crippen molar-refractivity contribution in [2.45, 2.75) is 6.61 Å². The summed E-state index contributed by atoms with van der Waals surface area (Å²) in [5.41, 5.74) is 2.36. The van der Waals surface area contributed by atoms with Crippen LogP contribution in [0.4, 0.5) is 5.69 Å². The van der Waals surface area contributed by atoms with Gasteiger partial charge in [-0.25, -0.2) is 0 Å². The maximum absolute atomic E-state index is 10.8. The second-order valence-corrected chi connectivity index (χ2v) is 7.00. The van der Waals surface area contributed by atoms with Gasteiger partial charge in [-0.2, -0.15) is 4.98 Å². The number of aromatic nitrogens is 2. The number of non-ortho nitro benzene ring substituents is 1. The summed E-state index contributed by atoms with van der Waals surface area (Å²) < 4.78 is 12.1. The molecule has 0 aliphatic rings. The van der Waals surface area contributed by atoms with E-state index in [-0.39, 0.29) is 5.69 Å². The molecule has 0 radical (unpaired) electrons. The van der Waals surface area contributed by atoms with Crippen LogP contribution in [0.5, 0.6) is 5.75 Å². The first-order chi connectivity index (χ1) is 14.1. The fraction of sp³-hybridized carbons (Fsp3) is 0.0476. The van der Waals surface area contributed by atoms with E-state index in [1.165, 1.54) is 12.1 Å². The van der Waals surface area contributed by atoms with E-state index < -0.39 is 4.92 Å². The number of rotatable bonds is 6. The van der Waals surface area contributed by atoms with Crippen molar-refractivity contribution in [3.63, 3.8) is 0 Å². The van der Waals surface area contributed by atoms with E-state index in [9.17, 15) is 10.1 Å². The molecular formula is C21H14BrN3O4. The second-order valence-electron chi connectivity index (χ2n) is 6.15. The third kappa shape index (κ3) is 4.33. The molecule has 8 heteroatoms. The minimum Gasteiger partial charge on any atom is -0.488 e. The molecule has 0 aliphatic heterocycles. The highest BCUT2D eigenvalue weighted by atomic mass is 79.9. The van der Waals surface area contributed by atoms with Gasteiger partial charge in [0.1, 0.15) is 12.4 Å². The smallest absolute Gasteiger partial charge is 0.269 e. The van der Waals surface area contributed by atoms with Gasteiger partial charge in [0.05, 0.1) is 9.40 Å². The number of nitro groups is 1. The maximum Gasteiger partial charge on any atom is 0.269 e. The Morgan fingerprint density at radius 1 is 1.00 bits per heavy atom. The molecule has 4 rings (SSSR count). The molecule has 0 N–H and O–H groups in total. The van der Waals surface area contributed by atoms with Gasteiger partial charge >= 0.3 is 0 Å². The molecule has 7 nitrogen and oxygen atoms in total. The van der Waals surface area contributed by atoms with Crippen LogP contribution in [-0.4, -0.2) is 15.1 Å². The van der Waals surface area contributed by atoms with Crippen LogP contribution < -0.4 is 4.74 Å². The Morgan fingerprint density at radius 2 is 1.79 bits per heavy atom. The molecule has 0 atom stereocenters. The Labute approximate surface area is 174 Å². The molecule has 0 bridgehead atoms. The summed E-state index contributed by atoms with van der Waals surface area (Å²) in [6.07, 6.45) is 0. The summed E-state index contributed by atoms with van der Waals surface area (Å²) >= 11 is 3.46. The summed E-state index contributed by atoms with van der Waals surface area (Å²) in [5, 5.41) is 14.8. The molecule has 0 fully saturated rings. The Hall–Kier alpha value is -3.52. The predicted octanol–water partition coefficient (Wildman–Crippen LogP) is 5.65. The zero-order valence-electron chi connectivity index (χ0n) is 15.0. The van der Waals surface area contributed by atoms with Gasteiger partial charge in [-0.1, -0.05) is 29.4 Å². The number of nitrogens with zero attached hydrogens (tertiary/aromatic N) is 3. The van der Waals surface area contributed by atoms with Gasteiger partial charge in [-0.3, -0.25) is 10.1 Å². The van der Waals surface area contributed by atoms with E-state index >= 15 is 0 Å². The van der Waals surface area contributed by atoms with Gasteiger partial charge in [-0.15, -0.1) is 0 Å². The van der Waals surface area contributed by atoms with E-state index in [4.69, 9.17) is 9.26 Å². The van der Waals surface area contributed by atoms with Crippen LogP contribution in [0.2, 0.25) is 0 Å². The largest absolute Gasteiger partial charge is 0.488 e. The van der Waals surface area contributed by atoms with E-state index in [2.05, 4.69) is 26.1 Å². The summed E-state index contributed by atoms with van der Waals surface area (Å²) in [5.74, 6) is 1.49. The molecule has 0 spiro atoms. The summed E-state index contributed by atoms with van der Waals surface area (Å²) in [6, 6.07) is 21.3. The number of ether oxygens (including phenoxy) is 1. The van der Waals surface area contributed by atoms with Gasteiger partial charge < -0.3 is 9.26 Å². The number of nitro benzene ring substituents is 1. The van der Waals surface area contributed by atoms with Gasteiger partial charge in [-0.05, 0) is 57.9 Å². The number of hydrogen-bond donors (Lipinski definition) is 0. The quantitative estimate of drug-likeness (QED) is 0.277. The summed E-state index contributed by atoms with van der Waals surface area (Å²) in [6.45, 7) is 0.389. The maximum atomic E-state index is 10.8. The molecule has 1 aromatic heterocycles. The van der Waals surface area contributed by atoms with Crippen LogP contribution in [0.25, 0.3) is 22.8 Å². The molecule has 0 amide bonds. The van der Waals surface area contributed by atoms with Crippen molar-refractivity contribution in [3.05, 3.63) is 92.9 Å². The second kappa shape index (κ2) is 8.24. The molecule has 144 valence electrons. The topological polar surface area (TPSA) is 91.3 Å². The van der Waals surface area contributed by atoms with Crippen molar-refractivity contribution in [3.8, 4) is 28.6 Å². The standard InChI is InChI=1S/C21H14BrN3O4/c22-18-6-1-2-7-19(18)28-13-14-4-3-5-16(12-14)21-23-20(24-29-21)15-8-10-17(11-9-15)25(26)27/h1-12H,13H2. The third-order valence-corrected chi connectivity index (χ3v) is 4.82. The van der Waals surface area contributed by atoms with E-state index in [1.54, 1.807) is 12.1 Å². The Kier molecular flexibility index (Phi) is 5.35. The highest BCUT2D eigenvalue weighted by Crippen LogP contribution is 2.27. The SMILES string of the molecule is O=[N+]([O-])c1ccc(-c2noc(-c3cccc(COc4ccccc4Br)c3)n2)cc1. The molecule has 1 heterocycles. The number of hydrogen-bond acceptors (Lipinski definition) is 6. The van der Waals surface area contributed by atoms with Crippen LogP contribution in [0.15, 0.2) is 81.8 Å². The molecule has 0 saturated carbocycles. The Morgan fingerprint density at radius 3 is 2.55 bits per heavy atom. The van der Waals surface area contributed by atoms with Crippen molar-refractivity contribution in [1.29, 1.82) is 0 Å². The first kappa shape index (κ1) is 18.8. The van der Waals surface area contributed by atoms with Crippen LogP contribution in [0, 0.1) is 10.1 Å². The lowest BCUT2D eigenvalue weighted by Crippen LogP contribution is -1.96. The number of benzene rings is 3. The first-order valence-corrected chi connectivity index (χ1v) is 9.44. The van der Waals surface area contributed by atoms with Crippen molar-refractivity contribution in [2.75, 3.05) is 0 Å². The zero-order chi connectivity index (χ0) is 20.2. The fourth-order valence-electron chi connectivity index (χ4n) is 2.71. The first-order valence-electron chi connectivity index (χ1n) is 8.65. The highest BCUT2D eigenvalue weighted by molar-refractivity contribution is 9.10. The molecule has 0 saturated heterocycles. The van der Waals surface area contributed by atoms with Gasteiger partial charge in [0.2, 0.25) is 5.82 Å². The highest BCUT2D eigenvalue weighted by Gasteiger charge is 2.13. The Balaban J connectivity index is 1.51. The normalized spacial score (nSPS) is 10.7. The minimum absolute atomic E-state index is 0.00947. The van der Waals surface area contributed by atoms with Crippen molar-refractivity contribution in [1.82, 2.24) is 10.1 Å². The molecule has 29 heavy (non-hydrogen) atoms. The average Bonchev–Trinajstić information content (AvgIpc) is 3.24. The predicted molar refractivity (Wildman–Crippen MR) is 110 cm³/mol. The fourth-order valence-corrected chi connectivity index (χ4v) is 3.11. The van der Waals surface area contributed by atoms with Gasteiger partial charge in [0, 0.05) is 23.3 Å². The van der Waals surface area contributed by atoms with Crippen LogP contribution in [-0.2, 0) is 6.61 Å². The average molecular weight is 452 g/mol. The molecule has 3 aromatic carbocycles. The van der Waals surface area contributed by atoms with Crippen molar-refractivity contribution in [2.24, 2.45) is 0 Å². The lowest BCUT2D eigenvalue weighted by Gasteiger charge is -2.08. The van der Waals surface area contributed by atoms with Crippen LogP contribution in [0.3, 0.4) is 0 Å². The van der Waals surface area contributed by atoms with Crippen LogP contribution in [0.1, 0.15) is 5.56 Å². The molecule has 0 aliphatic carbocycles. The molecule has 4 aromatic rings. The summed E-state index contributed by atoms with van der Waals surface area (Å²) in [7, 11) is 0. The Bertz CT molecular complexity index is 1160. The zero-order valence-corrected chi connectivity index (χ0v) is 16.6. The summed E-state index contributed by atoms with van der Waals surface area (Å²) in [4.78, 5) is 14.7. The van der Waals surface area contributed by atoms with Crippen molar-refractivity contribution >= 4 is 21.6 Å². The van der Waals surface area contributed by atoms with Gasteiger partial charge in [0.15, 0.2) is 0 Å². The number of halogens is 1. The van der Waals surface area contributed by atoms with Crippen molar-refractivity contribution < 1.29 is 14.2 Å². The lowest BCUT2D eigenvalue weighted by molar-refractivity contribution is -0.384. The van der Waals surface area contributed by atoms with Crippen LogP contribution >= 0.6 is 15.9 Å². The molecular weight excluding hydrogens is 438 g/mol. The molecule has 0 unspecified atom stereocenters. The van der Waals surface area contributed by atoms with E-state index in [0.29, 0.717) is 23.9 Å². The van der Waals surface area contributed by atoms with E-state index in [0.717, 1.165) is 21.3 Å². The lowest BCUT2D eigenvalue weighted by atomic mass is 10.1. The minimum atomic E-state index is -0.451. The number of para-hydroxylation sites is 1. The monoisotopic (exact) mass is 451 g/mol. The van der Waals surface area contributed by atoms with E-state index in [1.807, 2.05) is 48.5 Å². The third-order valence-electron chi connectivity index (χ3n) is 4.17. The van der Waals surface area contributed by atoms with Gasteiger partial charge in [0.25, 0.3) is 11.6 Å².